The molecular weight excluding hydrogens is 440 g/mol. The number of benzene rings is 2. The quantitative estimate of drug-likeness (QED) is 0.626. The van der Waals surface area contributed by atoms with Crippen LogP contribution >= 0.6 is 11.8 Å². The number of hydrogen-bond donors (Lipinski definition) is 1. The zero-order chi connectivity index (χ0) is 22.7. The number of aryl methyl sites for hydroxylation is 2. The van der Waals surface area contributed by atoms with E-state index >= 15 is 0 Å². The number of thioether (sulfide) groups is 1. The van der Waals surface area contributed by atoms with Gasteiger partial charge in [0.15, 0.2) is 0 Å². The number of nitrogens with one attached hydrogen (secondary N) is 1. The average Bonchev–Trinajstić information content (AvgIpc) is 2.83. The molecule has 0 aromatic heterocycles. The molecule has 1 amide bonds. The van der Waals surface area contributed by atoms with Crippen molar-refractivity contribution in [3.8, 4) is 0 Å². The van der Waals surface area contributed by atoms with Gasteiger partial charge in [-0.1, -0.05) is 18.2 Å². The molecule has 1 aliphatic carbocycles. The Balaban J connectivity index is 1.34. The van der Waals surface area contributed by atoms with E-state index in [1.54, 1.807) is 23.9 Å². The molecule has 7 heteroatoms. The fraction of sp³-hybridized carbons (Fsp3) is 0.480. The number of sulfonamides is 1. The van der Waals surface area contributed by atoms with Gasteiger partial charge < -0.3 is 5.32 Å². The highest BCUT2D eigenvalue weighted by Gasteiger charge is 2.32. The smallest absolute Gasteiger partial charge is 0.243 e. The molecule has 1 heterocycles. The summed E-state index contributed by atoms with van der Waals surface area (Å²) in [5, 5.41) is 3.16. The van der Waals surface area contributed by atoms with E-state index in [1.807, 2.05) is 25.3 Å². The molecule has 32 heavy (non-hydrogen) atoms. The molecule has 0 radical (unpaired) electrons. The van der Waals surface area contributed by atoms with Crippen molar-refractivity contribution in [3.63, 3.8) is 0 Å². The normalized spacial score (nSPS) is 18.7. The summed E-state index contributed by atoms with van der Waals surface area (Å²) in [7, 11) is -3.52. The van der Waals surface area contributed by atoms with Crippen LogP contribution in [0.3, 0.4) is 0 Å². The molecular formula is C25H32N2O3S2. The van der Waals surface area contributed by atoms with Crippen LogP contribution < -0.4 is 5.32 Å². The van der Waals surface area contributed by atoms with Crippen LogP contribution in [0, 0.1) is 5.92 Å². The van der Waals surface area contributed by atoms with Crippen LogP contribution in [0.1, 0.15) is 55.3 Å². The predicted octanol–water partition coefficient (Wildman–Crippen LogP) is 4.57. The van der Waals surface area contributed by atoms with E-state index in [4.69, 9.17) is 0 Å². The van der Waals surface area contributed by atoms with Gasteiger partial charge in [0.25, 0.3) is 0 Å². The van der Waals surface area contributed by atoms with Crippen LogP contribution in [0.25, 0.3) is 0 Å². The monoisotopic (exact) mass is 472 g/mol. The average molecular weight is 473 g/mol. The van der Waals surface area contributed by atoms with E-state index in [1.165, 1.54) is 28.3 Å². The van der Waals surface area contributed by atoms with Crippen molar-refractivity contribution in [3.05, 3.63) is 59.2 Å². The number of carbonyl (C=O) groups excluding carboxylic acids is 1. The number of amides is 1. The zero-order valence-corrected chi connectivity index (χ0v) is 20.5. The highest BCUT2D eigenvalue weighted by Crippen LogP contribution is 2.27. The molecule has 0 saturated carbocycles. The van der Waals surface area contributed by atoms with Crippen molar-refractivity contribution < 1.29 is 13.2 Å². The summed E-state index contributed by atoms with van der Waals surface area (Å²) in [6.07, 6.45) is 7.83. The Morgan fingerprint density at radius 3 is 2.34 bits per heavy atom. The Labute approximate surface area is 196 Å². The van der Waals surface area contributed by atoms with Gasteiger partial charge in [-0.3, -0.25) is 4.79 Å². The van der Waals surface area contributed by atoms with Gasteiger partial charge in [-0.25, -0.2) is 8.42 Å². The Kier molecular flexibility index (Phi) is 7.27. The molecule has 1 saturated heterocycles. The lowest BCUT2D eigenvalue weighted by molar-refractivity contribution is -0.126. The molecule has 4 rings (SSSR count). The Morgan fingerprint density at radius 1 is 1.03 bits per heavy atom. The van der Waals surface area contributed by atoms with Gasteiger partial charge in [0.1, 0.15) is 0 Å². The Bertz CT molecular complexity index is 1060. The second-order valence-corrected chi connectivity index (χ2v) is 11.6. The first kappa shape index (κ1) is 23.3. The van der Waals surface area contributed by atoms with Crippen LogP contribution in [-0.2, 0) is 27.7 Å². The number of piperidine rings is 1. The molecule has 2 aromatic carbocycles. The molecule has 1 fully saturated rings. The maximum absolute atomic E-state index is 13.0. The van der Waals surface area contributed by atoms with Gasteiger partial charge >= 0.3 is 0 Å². The van der Waals surface area contributed by atoms with Gasteiger partial charge in [-0.05, 0) is 92.7 Å². The van der Waals surface area contributed by atoms with Gasteiger partial charge in [-0.2, -0.15) is 4.31 Å². The van der Waals surface area contributed by atoms with Crippen LogP contribution in [0.15, 0.2) is 52.3 Å². The summed E-state index contributed by atoms with van der Waals surface area (Å²) in [6.45, 7) is 2.77. The molecule has 2 aromatic rings. The minimum absolute atomic E-state index is 0.0246. The molecule has 1 atom stereocenters. The molecule has 0 spiro atoms. The van der Waals surface area contributed by atoms with Crippen molar-refractivity contribution in [2.24, 2.45) is 5.92 Å². The van der Waals surface area contributed by atoms with E-state index in [2.05, 4.69) is 23.5 Å². The van der Waals surface area contributed by atoms with E-state index in [0.29, 0.717) is 30.8 Å². The number of nitrogens with zero attached hydrogens (tertiary/aromatic N) is 1. The molecule has 5 nitrogen and oxygen atoms in total. The maximum Gasteiger partial charge on any atom is 0.243 e. The SMILES string of the molecule is CSc1ccc(S(=O)(=O)N2CCC(C(=O)N[C@H](C)c3ccc4c(c3)CCCC4)CC2)cc1. The third kappa shape index (κ3) is 5.05. The lowest BCUT2D eigenvalue weighted by atomic mass is 9.89. The highest BCUT2D eigenvalue weighted by molar-refractivity contribution is 7.98. The largest absolute Gasteiger partial charge is 0.349 e. The standard InChI is InChI=1S/C25H32N2O3S2/c1-18(21-8-7-19-5-3-4-6-22(19)17-21)26-25(28)20-13-15-27(16-14-20)32(29,30)24-11-9-23(31-2)10-12-24/h7-12,17-18,20H,3-6,13-16H2,1-2H3,(H,26,28)/t18-/m1/s1. The number of hydrogen-bond acceptors (Lipinski definition) is 4. The maximum atomic E-state index is 13.0. The van der Waals surface area contributed by atoms with E-state index < -0.39 is 10.0 Å². The molecule has 172 valence electrons. The zero-order valence-electron chi connectivity index (χ0n) is 18.8. The fourth-order valence-electron chi connectivity index (χ4n) is 4.69. The lowest BCUT2D eigenvalue weighted by Crippen LogP contribution is -2.43. The van der Waals surface area contributed by atoms with Crippen molar-refractivity contribution in [2.45, 2.75) is 61.3 Å². The third-order valence-electron chi connectivity index (χ3n) is 6.75. The topological polar surface area (TPSA) is 66.5 Å². The summed E-state index contributed by atoms with van der Waals surface area (Å²) in [5.74, 6) is -0.128. The molecule has 1 aliphatic heterocycles. The van der Waals surface area contributed by atoms with E-state index in [-0.39, 0.29) is 17.9 Å². The summed E-state index contributed by atoms with van der Waals surface area (Å²) in [4.78, 5) is 14.2. The summed E-state index contributed by atoms with van der Waals surface area (Å²) in [5.41, 5.74) is 4.00. The highest BCUT2D eigenvalue weighted by atomic mass is 32.2. The first-order valence-corrected chi connectivity index (χ1v) is 14.1. The van der Waals surface area contributed by atoms with Gasteiger partial charge in [0, 0.05) is 23.9 Å². The third-order valence-corrected chi connectivity index (χ3v) is 9.41. The Morgan fingerprint density at radius 2 is 1.69 bits per heavy atom. The Hall–Kier alpha value is -1.83. The second kappa shape index (κ2) is 9.98. The van der Waals surface area contributed by atoms with Crippen molar-refractivity contribution >= 4 is 27.7 Å². The molecule has 0 bridgehead atoms. The minimum Gasteiger partial charge on any atom is -0.349 e. The van der Waals surface area contributed by atoms with Crippen LogP contribution in [0.2, 0.25) is 0 Å². The first-order chi connectivity index (χ1) is 15.4. The molecule has 2 aliphatic rings. The van der Waals surface area contributed by atoms with E-state index in [0.717, 1.165) is 23.3 Å². The predicted molar refractivity (Wildman–Crippen MR) is 129 cm³/mol. The summed E-state index contributed by atoms with van der Waals surface area (Å²) < 4.78 is 27.4. The van der Waals surface area contributed by atoms with Crippen molar-refractivity contribution in [1.29, 1.82) is 0 Å². The first-order valence-electron chi connectivity index (χ1n) is 11.4. The number of carbonyl (C=O) groups is 1. The molecule has 1 N–H and O–H groups in total. The van der Waals surface area contributed by atoms with Crippen molar-refractivity contribution in [1.82, 2.24) is 9.62 Å². The summed E-state index contributed by atoms with van der Waals surface area (Å²) >= 11 is 1.58. The van der Waals surface area contributed by atoms with Gasteiger partial charge in [0.05, 0.1) is 10.9 Å². The van der Waals surface area contributed by atoms with Gasteiger partial charge in [-0.15, -0.1) is 11.8 Å². The van der Waals surface area contributed by atoms with Gasteiger partial charge in [0.2, 0.25) is 15.9 Å². The van der Waals surface area contributed by atoms with Crippen LogP contribution in [-0.4, -0.2) is 38.0 Å². The molecule has 0 unspecified atom stereocenters. The fourth-order valence-corrected chi connectivity index (χ4v) is 6.57. The van der Waals surface area contributed by atoms with Crippen molar-refractivity contribution in [2.75, 3.05) is 19.3 Å². The second-order valence-electron chi connectivity index (χ2n) is 8.82. The van der Waals surface area contributed by atoms with Crippen LogP contribution in [0.4, 0.5) is 0 Å². The van der Waals surface area contributed by atoms with E-state index in [9.17, 15) is 13.2 Å². The lowest BCUT2D eigenvalue weighted by Gasteiger charge is -2.31. The number of rotatable bonds is 6. The summed E-state index contributed by atoms with van der Waals surface area (Å²) in [6, 6.07) is 13.5. The minimum atomic E-state index is -3.52. The number of fused-ring (bicyclic) bond motifs is 1. The van der Waals surface area contributed by atoms with Crippen LogP contribution in [0.5, 0.6) is 0 Å².